The quantitative estimate of drug-likeness (QED) is 0.627. The number of benzene rings is 1. The molecule has 0 saturated heterocycles. The zero-order valence-corrected chi connectivity index (χ0v) is 13.3. The van der Waals surface area contributed by atoms with E-state index in [0.717, 1.165) is 31.0 Å². The number of nitro benzene ring substituents is 1. The summed E-state index contributed by atoms with van der Waals surface area (Å²) >= 11 is 0. The third kappa shape index (κ3) is 5.43. The zero-order valence-electron chi connectivity index (χ0n) is 12.5. The van der Waals surface area contributed by atoms with Gasteiger partial charge in [0, 0.05) is 12.1 Å². The van der Waals surface area contributed by atoms with Crippen LogP contribution in [0.4, 0.5) is 10.1 Å². The van der Waals surface area contributed by atoms with E-state index >= 15 is 0 Å². The Balaban J connectivity index is 1.92. The molecule has 1 aromatic rings. The molecule has 0 radical (unpaired) electrons. The molecule has 0 heterocycles. The largest absolute Gasteiger partial charge is 0.483 e. The molecule has 9 heteroatoms. The SMILES string of the molecule is NS(=O)(=O)CCC1CCC(Oc2cc(F)ccc2[N+](=O)[O-])CC1. The molecule has 2 rings (SSSR count). The second kappa shape index (κ2) is 7.22. The number of nitro groups is 1. The molecular formula is C14H19FN2O5S. The van der Waals surface area contributed by atoms with E-state index in [4.69, 9.17) is 9.88 Å². The van der Waals surface area contributed by atoms with Crippen LogP contribution >= 0.6 is 0 Å². The van der Waals surface area contributed by atoms with Crippen LogP contribution < -0.4 is 9.88 Å². The fourth-order valence-electron chi connectivity index (χ4n) is 2.78. The molecule has 0 unspecified atom stereocenters. The third-order valence-electron chi connectivity index (χ3n) is 4.02. The van der Waals surface area contributed by atoms with Gasteiger partial charge in [-0.05, 0) is 44.1 Å². The Labute approximate surface area is 133 Å². The van der Waals surface area contributed by atoms with Gasteiger partial charge < -0.3 is 4.74 Å². The Bertz CT molecular complexity index is 672. The Morgan fingerprint density at radius 1 is 1.30 bits per heavy atom. The van der Waals surface area contributed by atoms with E-state index in [9.17, 15) is 22.9 Å². The molecule has 1 aliphatic carbocycles. The van der Waals surface area contributed by atoms with Gasteiger partial charge >= 0.3 is 5.69 Å². The summed E-state index contributed by atoms with van der Waals surface area (Å²) in [5.41, 5.74) is -0.261. The van der Waals surface area contributed by atoms with Crippen molar-refractivity contribution in [3.05, 3.63) is 34.1 Å². The maximum Gasteiger partial charge on any atom is 0.311 e. The van der Waals surface area contributed by atoms with Crippen LogP contribution in [0.2, 0.25) is 0 Å². The molecule has 128 valence electrons. The second-order valence-corrected chi connectivity index (χ2v) is 7.52. The maximum atomic E-state index is 13.3. The Morgan fingerprint density at radius 2 is 1.96 bits per heavy atom. The molecule has 1 aromatic carbocycles. The summed E-state index contributed by atoms with van der Waals surface area (Å²) in [5, 5.41) is 15.9. The summed E-state index contributed by atoms with van der Waals surface area (Å²) in [4.78, 5) is 10.3. The summed E-state index contributed by atoms with van der Waals surface area (Å²) < 4.78 is 40.8. The van der Waals surface area contributed by atoms with Gasteiger partial charge in [0.25, 0.3) is 0 Å². The first-order valence-electron chi connectivity index (χ1n) is 7.35. The van der Waals surface area contributed by atoms with E-state index < -0.39 is 20.8 Å². The Morgan fingerprint density at radius 3 is 2.52 bits per heavy atom. The van der Waals surface area contributed by atoms with Crippen molar-refractivity contribution in [3.8, 4) is 5.75 Å². The Hall–Kier alpha value is -1.74. The summed E-state index contributed by atoms with van der Waals surface area (Å²) in [6, 6.07) is 3.13. The van der Waals surface area contributed by atoms with Crippen molar-refractivity contribution in [2.75, 3.05) is 5.75 Å². The molecule has 1 saturated carbocycles. The first kappa shape index (κ1) is 17.6. The molecule has 0 bridgehead atoms. The van der Waals surface area contributed by atoms with Crippen LogP contribution in [0, 0.1) is 21.8 Å². The molecule has 1 aliphatic rings. The predicted molar refractivity (Wildman–Crippen MR) is 82.0 cm³/mol. The molecule has 0 spiro atoms. The van der Waals surface area contributed by atoms with Crippen LogP contribution in [0.25, 0.3) is 0 Å². The fourth-order valence-corrected chi connectivity index (χ4v) is 3.44. The molecule has 0 atom stereocenters. The minimum absolute atomic E-state index is 0.0431. The topological polar surface area (TPSA) is 113 Å². The second-order valence-electron chi connectivity index (χ2n) is 5.79. The first-order chi connectivity index (χ1) is 10.7. The maximum absolute atomic E-state index is 13.3. The van der Waals surface area contributed by atoms with Gasteiger partial charge in [-0.15, -0.1) is 0 Å². The molecular weight excluding hydrogens is 327 g/mol. The first-order valence-corrected chi connectivity index (χ1v) is 9.07. The van der Waals surface area contributed by atoms with Crippen LogP contribution in [0.3, 0.4) is 0 Å². The Kier molecular flexibility index (Phi) is 5.53. The molecule has 23 heavy (non-hydrogen) atoms. The summed E-state index contributed by atoms with van der Waals surface area (Å²) in [6.07, 6.45) is 3.06. The van der Waals surface area contributed by atoms with Crippen molar-refractivity contribution >= 4 is 15.7 Å². The molecule has 7 nitrogen and oxygen atoms in total. The van der Waals surface area contributed by atoms with Crippen molar-refractivity contribution in [1.29, 1.82) is 0 Å². The van der Waals surface area contributed by atoms with E-state index in [1.165, 1.54) is 0 Å². The lowest BCUT2D eigenvalue weighted by Crippen LogP contribution is -2.26. The van der Waals surface area contributed by atoms with E-state index in [1.807, 2.05) is 0 Å². The lowest BCUT2D eigenvalue weighted by atomic mass is 9.86. The van der Waals surface area contributed by atoms with Gasteiger partial charge in [-0.25, -0.2) is 17.9 Å². The van der Waals surface area contributed by atoms with Crippen molar-refractivity contribution in [3.63, 3.8) is 0 Å². The number of nitrogens with two attached hydrogens (primary N) is 1. The van der Waals surface area contributed by atoms with Crippen LogP contribution in [0.5, 0.6) is 5.75 Å². The molecule has 1 fully saturated rings. The number of ether oxygens (including phenoxy) is 1. The zero-order chi connectivity index (χ0) is 17.0. The minimum Gasteiger partial charge on any atom is -0.483 e. The molecule has 0 amide bonds. The lowest BCUT2D eigenvalue weighted by molar-refractivity contribution is -0.386. The average Bonchev–Trinajstić information content (AvgIpc) is 2.45. The number of rotatable bonds is 6. The van der Waals surface area contributed by atoms with Gasteiger partial charge in [0.15, 0.2) is 5.75 Å². The minimum atomic E-state index is -3.45. The summed E-state index contributed by atoms with van der Waals surface area (Å²) in [6.45, 7) is 0. The standard InChI is InChI=1S/C14H19FN2O5S/c15-11-3-6-13(17(18)19)14(9-11)22-12-4-1-10(2-5-12)7-8-23(16,20)21/h3,6,9-10,12H,1-2,4-5,7-8H2,(H2,16,20,21). The van der Waals surface area contributed by atoms with Crippen molar-refractivity contribution in [2.45, 2.75) is 38.2 Å². The van der Waals surface area contributed by atoms with Crippen molar-refractivity contribution in [1.82, 2.24) is 0 Å². The van der Waals surface area contributed by atoms with Gasteiger partial charge in [-0.1, -0.05) is 0 Å². The molecule has 2 N–H and O–H groups in total. The highest BCUT2D eigenvalue weighted by atomic mass is 32.2. The average molecular weight is 346 g/mol. The van der Waals surface area contributed by atoms with Crippen LogP contribution in [0.1, 0.15) is 32.1 Å². The van der Waals surface area contributed by atoms with Gasteiger partial charge in [-0.2, -0.15) is 0 Å². The van der Waals surface area contributed by atoms with Crippen LogP contribution in [-0.2, 0) is 10.0 Å². The highest BCUT2D eigenvalue weighted by Crippen LogP contribution is 2.33. The normalized spacial score (nSPS) is 21.8. The van der Waals surface area contributed by atoms with Crippen molar-refractivity contribution < 1.29 is 22.5 Å². The lowest BCUT2D eigenvalue weighted by Gasteiger charge is -2.28. The highest BCUT2D eigenvalue weighted by Gasteiger charge is 2.26. The number of nitrogens with zero attached hydrogens (tertiary/aromatic N) is 1. The van der Waals surface area contributed by atoms with Gasteiger partial charge in [0.05, 0.1) is 16.8 Å². The monoisotopic (exact) mass is 346 g/mol. The van der Waals surface area contributed by atoms with Crippen LogP contribution in [-0.4, -0.2) is 25.2 Å². The fraction of sp³-hybridized carbons (Fsp3) is 0.571. The van der Waals surface area contributed by atoms with Crippen molar-refractivity contribution in [2.24, 2.45) is 11.1 Å². The number of halogens is 1. The van der Waals surface area contributed by atoms with E-state index in [0.29, 0.717) is 19.3 Å². The smallest absolute Gasteiger partial charge is 0.311 e. The predicted octanol–water partition coefficient (Wildman–Crippen LogP) is 2.35. The number of sulfonamides is 1. The van der Waals surface area contributed by atoms with E-state index in [-0.39, 0.29) is 29.2 Å². The summed E-state index contributed by atoms with van der Waals surface area (Å²) in [5.74, 6) is -0.454. The van der Waals surface area contributed by atoms with Gasteiger partial charge in [0.1, 0.15) is 5.82 Å². The number of primary sulfonamides is 1. The molecule has 0 aromatic heterocycles. The van der Waals surface area contributed by atoms with Gasteiger partial charge in [0.2, 0.25) is 10.0 Å². The molecule has 0 aliphatic heterocycles. The van der Waals surface area contributed by atoms with Crippen LogP contribution in [0.15, 0.2) is 18.2 Å². The van der Waals surface area contributed by atoms with E-state index in [2.05, 4.69) is 0 Å². The van der Waals surface area contributed by atoms with E-state index in [1.54, 1.807) is 0 Å². The third-order valence-corrected chi connectivity index (χ3v) is 4.82. The van der Waals surface area contributed by atoms with Gasteiger partial charge in [-0.3, -0.25) is 10.1 Å². The highest BCUT2D eigenvalue weighted by molar-refractivity contribution is 7.89. The number of hydrogen-bond acceptors (Lipinski definition) is 5. The summed E-state index contributed by atoms with van der Waals surface area (Å²) in [7, 11) is -3.45. The number of hydrogen-bond donors (Lipinski definition) is 1.